The predicted octanol–water partition coefficient (Wildman–Crippen LogP) is 15.2. The highest BCUT2D eigenvalue weighted by atomic mass is 14.7. The highest BCUT2D eigenvalue weighted by Gasteiger charge is 2.15. The van der Waals surface area contributed by atoms with Gasteiger partial charge >= 0.3 is 0 Å². The van der Waals surface area contributed by atoms with Crippen molar-refractivity contribution in [1.29, 1.82) is 0 Å². The second kappa shape index (κ2) is 13.2. The van der Waals surface area contributed by atoms with Gasteiger partial charge in [0.25, 0.3) is 0 Å². The molecule has 260 valence electrons. The van der Waals surface area contributed by atoms with Crippen molar-refractivity contribution in [2.24, 2.45) is 0 Å². The van der Waals surface area contributed by atoms with Gasteiger partial charge in [-0.05, 0) is 130 Å². The largest absolute Gasteiger partial charge is 0.248 e. The standard InChI is InChI=1S/C55H35N/c1-2-14-36(15-3-1)51-34-43(32-41-16-4-5-21-44(41)51)52-35-55(56-54-27-11-10-26-50(52)54)42-20-13-19-39(31-42)37-17-12-18-38(30-37)40-28-29-49-47-24-7-6-22-45(47)46-23-8-9-25-48(46)53(49)33-40/h1-35H. The van der Waals surface area contributed by atoms with Gasteiger partial charge in [-0.3, -0.25) is 0 Å². The minimum atomic E-state index is 0.958. The maximum absolute atomic E-state index is 5.25. The van der Waals surface area contributed by atoms with Gasteiger partial charge in [0.05, 0.1) is 11.2 Å². The topological polar surface area (TPSA) is 12.9 Å². The molecule has 0 bridgehead atoms. The number of hydrogen-bond acceptors (Lipinski definition) is 1. The zero-order valence-corrected chi connectivity index (χ0v) is 30.7. The van der Waals surface area contributed by atoms with Crippen LogP contribution in [0.2, 0.25) is 0 Å². The van der Waals surface area contributed by atoms with Crippen LogP contribution in [0.25, 0.3) is 110 Å². The normalized spacial score (nSPS) is 11.6. The molecule has 0 saturated carbocycles. The van der Waals surface area contributed by atoms with Gasteiger partial charge in [-0.15, -0.1) is 0 Å². The average molecular weight is 710 g/mol. The molecule has 1 aromatic heterocycles. The van der Waals surface area contributed by atoms with Crippen LogP contribution in [0.3, 0.4) is 0 Å². The molecule has 0 fully saturated rings. The van der Waals surface area contributed by atoms with Crippen LogP contribution in [0.4, 0.5) is 0 Å². The Morgan fingerprint density at radius 2 is 0.714 bits per heavy atom. The zero-order valence-electron chi connectivity index (χ0n) is 30.7. The number of nitrogens with zero attached hydrogens (tertiary/aromatic N) is 1. The molecule has 0 saturated heterocycles. The molecule has 0 spiro atoms. The fourth-order valence-electron chi connectivity index (χ4n) is 8.71. The van der Waals surface area contributed by atoms with Gasteiger partial charge in [-0.1, -0.05) is 170 Å². The Hall–Kier alpha value is -7.35. The molecule has 0 aliphatic heterocycles. The van der Waals surface area contributed by atoms with E-state index in [-0.39, 0.29) is 0 Å². The molecular weight excluding hydrogens is 675 g/mol. The lowest BCUT2D eigenvalue weighted by Gasteiger charge is -2.15. The van der Waals surface area contributed by atoms with Crippen molar-refractivity contribution in [3.8, 4) is 55.8 Å². The first kappa shape index (κ1) is 32.1. The van der Waals surface area contributed by atoms with Crippen LogP contribution in [0.1, 0.15) is 0 Å². The van der Waals surface area contributed by atoms with E-state index in [4.69, 9.17) is 4.98 Å². The summed E-state index contributed by atoms with van der Waals surface area (Å²) in [5, 5.41) is 11.4. The third-order valence-electron chi connectivity index (χ3n) is 11.4. The van der Waals surface area contributed by atoms with E-state index < -0.39 is 0 Å². The van der Waals surface area contributed by atoms with Gasteiger partial charge in [-0.25, -0.2) is 4.98 Å². The van der Waals surface area contributed by atoms with E-state index in [1.807, 2.05) is 0 Å². The second-order valence-electron chi connectivity index (χ2n) is 14.7. The lowest BCUT2D eigenvalue weighted by Crippen LogP contribution is -1.92. The van der Waals surface area contributed by atoms with Gasteiger partial charge in [-0.2, -0.15) is 0 Å². The number of fused-ring (bicyclic) bond motifs is 8. The average Bonchev–Trinajstić information content (AvgIpc) is 3.28. The van der Waals surface area contributed by atoms with Crippen LogP contribution < -0.4 is 0 Å². The fraction of sp³-hybridized carbons (Fsp3) is 0. The number of hydrogen-bond donors (Lipinski definition) is 0. The molecule has 0 N–H and O–H groups in total. The Morgan fingerprint density at radius 3 is 1.41 bits per heavy atom. The van der Waals surface area contributed by atoms with Crippen molar-refractivity contribution in [3.05, 3.63) is 212 Å². The quantitative estimate of drug-likeness (QED) is 0.162. The Kier molecular flexibility index (Phi) is 7.57. The summed E-state index contributed by atoms with van der Waals surface area (Å²) >= 11 is 0. The highest BCUT2D eigenvalue weighted by molar-refractivity contribution is 6.25. The van der Waals surface area contributed by atoms with Gasteiger partial charge in [0.15, 0.2) is 0 Å². The Balaban J connectivity index is 1.02. The third kappa shape index (κ3) is 5.44. The van der Waals surface area contributed by atoms with Gasteiger partial charge in [0.1, 0.15) is 0 Å². The Bertz CT molecular complexity index is 3270. The maximum atomic E-state index is 5.25. The molecule has 0 aliphatic rings. The molecule has 0 aliphatic carbocycles. The third-order valence-corrected chi connectivity index (χ3v) is 11.4. The number of aromatic nitrogens is 1. The van der Waals surface area contributed by atoms with Crippen LogP contribution in [0.15, 0.2) is 212 Å². The van der Waals surface area contributed by atoms with E-state index in [0.717, 1.165) is 27.7 Å². The smallest absolute Gasteiger partial charge is 0.0716 e. The number of para-hydroxylation sites is 1. The second-order valence-corrected chi connectivity index (χ2v) is 14.7. The molecule has 1 heteroatoms. The molecule has 0 amide bonds. The van der Waals surface area contributed by atoms with E-state index >= 15 is 0 Å². The van der Waals surface area contributed by atoms with E-state index in [9.17, 15) is 0 Å². The first-order valence-electron chi connectivity index (χ1n) is 19.3. The van der Waals surface area contributed by atoms with Crippen molar-refractivity contribution in [1.82, 2.24) is 4.98 Å². The van der Waals surface area contributed by atoms with Crippen molar-refractivity contribution >= 4 is 54.0 Å². The van der Waals surface area contributed by atoms with Gasteiger partial charge in [0, 0.05) is 10.9 Å². The summed E-state index contributed by atoms with van der Waals surface area (Å²) in [7, 11) is 0. The summed E-state index contributed by atoms with van der Waals surface area (Å²) in [5.41, 5.74) is 12.6. The predicted molar refractivity (Wildman–Crippen MR) is 239 cm³/mol. The number of pyridine rings is 1. The summed E-state index contributed by atoms with van der Waals surface area (Å²) in [5.74, 6) is 0. The van der Waals surface area contributed by atoms with Crippen LogP contribution in [0.5, 0.6) is 0 Å². The lowest BCUT2D eigenvalue weighted by molar-refractivity contribution is 1.40. The summed E-state index contributed by atoms with van der Waals surface area (Å²) in [4.78, 5) is 5.25. The van der Waals surface area contributed by atoms with Crippen LogP contribution in [-0.4, -0.2) is 4.98 Å². The molecule has 11 aromatic rings. The van der Waals surface area contributed by atoms with Crippen LogP contribution in [-0.2, 0) is 0 Å². The summed E-state index contributed by atoms with van der Waals surface area (Å²) in [6.45, 7) is 0. The van der Waals surface area contributed by atoms with Crippen molar-refractivity contribution in [2.75, 3.05) is 0 Å². The van der Waals surface area contributed by atoms with E-state index in [1.54, 1.807) is 0 Å². The van der Waals surface area contributed by atoms with E-state index in [1.165, 1.54) is 82.0 Å². The minimum absolute atomic E-state index is 0.958. The first-order valence-corrected chi connectivity index (χ1v) is 19.3. The maximum Gasteiger partial charge on any atom is 0.0716 e. The van der Waals surface area contributed by atoms with E-state index in [0.29, 0.717) is 0 Å². The lowest BCUT2D eigenvalue weighted by atomic mass is 9.90. The molecular formula is C55H35N. The van der Waals surface area contributed by atoms with Crippen molar-refractivity contribution in [2.45, 2.75) is 0 Å². The Labute approximate surface area is 325 Å². The van der Waals surface area contributed by atoms with Gasteiger partial charge in [0.2, 0.25) is 0 Å². The summed E-state index contributed by atoms with van der Waals surface area (Å²) < 4.78 is 0. The van der Waals surface area contributed by atoms with Crippen molar-refractivity contribution < 1.29 is 0 Å². The Morgan fingerprint density at radius 1 is 0.232 bits per heavy atom. The molecule has 1 heterocycles. The monoisotopic (exact) mass is 709 g/mol. The number of rotatable bonds is 5. The molecule has 10 aromatic carbocycles. The summed E-state index contributed by atoms with van der Waals surface area (Å²) in [6, 6.07) is 77.1. The molecule has 0 radical (unpaired) electrons. The van der Waals surface area contributed by atoms with Crippen LogP contribution >= 0.6 is 0 Å². The van der Waals surface area contributed by atoms with Crippen LogP contribution in [0, 0.1) is 0 Å². The fourth-order valence-corrected chi connectivity index (χ4v) is 8.71. The highest BCUT2D eigenvalue weighted by Crippen LogP contribution is 2.40. The molecule has 56 heavy (non-hydrogen) atoms. The van der Waals surface area contributed by atoms with Crippen molar-refractivity contribution in [3.63, 3.8) is 0 Å². The minimum Gasteiger partial charge on any atom is -0.248 e. The van der Waals surface area contributed by atoms with Gasteiger partial charge < -0.3 is 0 Å². The SMILES string of the molecule is c1ccc(-c2cc(-c3cc(-c4cccc(-c5cccc(-c6ccc7c8ccccc8c8ccccc8c7c6)c5)c4)nc4ccccc34)cc3ccccc23)cc1. The molecule has 0 unspecified atom stereocenters. The first-order chi connectivity index (χ1) is 27.7. The molecule has 0 atom stereocenters. The van der Waals surface area contributed by atoms with E-state index in [2.05, 4.69) is 212 Å². The zero-order chi connectivity index (χ0) is 37.0. The summed E-state index contributed by atoms with van der Waals surface area (Å²) in [6.07, 6.45) is 0. The molecule has 11 rings (SSSR count). The molecule has 1 nitrogen and oxygen atoms in total. The number of benzene rings is 10.